The zero-order chi connectivity index (χ0) is 28.9. The maximum Gasteiger partial charge on any atom is 0.271 e. The fourth-order valence-corrected chi connectivity index (χ4v) is 5.88. The molecule has 0 saturated carbocycles. The van der Waals surface area contributed by atoms with E-state index < -0.39 is 0 Å². The van der Waals surface area contributed by atoms with Gasteiger partial charge in [0.1, 0.15) is 12.4 Å². The molecule has 1 amide bonds. The van der Waals surface area contributed by atoms with Crippen LogP contribution >= 0.6 is 11.8 Å². The number of aromatic nitrogens is 1. The lowest BCUT2D eigenvalue weighted by molar-refractivity contribution is -0.113. The Kier molecular flexibility index (Phi) is 8.60. The van der Waals surface area contributed by atoms with Crippen molar-refractivity contribution in [1.29, 1.82) is 0 Å². The second-order valence-corrected chi connectivity index (χ2v) is 11.0. The lowest BCUT2D eigenvalue weighted by atomic mass is 10.1. The van der Waals surface area contributed by atoms with Gasteiger partial charge in [0.25, 0.3) is 5.91 Å². The Morgan fingerprint density at radius 3 is 2.10 bits per heavy atom. The monoisotopic (exact) mass is 561 g/mol. The molecule has 3 aromatic carbocycles. The van der Waals surface area contributed by atoms with Crippen LogP contribution in [0.3, 0.4) is 0 Å². The molecule has 1 aliphatic rings. The van der Waals surface area contributed by atoms with Gasteiger partial charge < -0.3 is 9.30 Å². The van der Waals surface area contributed by atoms with E-state index in [1.807, 2.05) is 54.6 Å². The topological polar surface area (TPSA) is 46.8 Å². The van der Waals surface area contributed by atoms with Crippen LogP contribution in [-0.4, -0.2) is 22.2 Å². The van der Waals surface area contributed by atoms with E-state index in [4.69, 9.17) is 9.73 Å². The molecule has 0 atom stereocenters. The van der Waals surface area contributed by atoms with Crippen LogP contribution in [0.25, 0.3) is 11.8 Å². The third-order valence-corrected chi connectivity index (χ3v) is 8.17. The molecule has 0 unspecified atom stereocenters. The van der Waals surface area contributed by atoms with E-state index in [0.717, 1.165) is 52.6 Å². The highest BCUT2D eigenvalue weighted by Gasteiger charge is 2.35. The molecule has 1 saturated heterocycles. The van der Waals surface area contributed by atoms with Crippen molar-refractivity contribution >= 4 is 40.3 Å². The third-order valence-electron chi connectivity index (χ3n) is 7.20. The molecule has 1 aliphatic heterocycles. The van der Waals surface area contributed by atoms with Crippen LogP contribution in [-0.2, 0) is 17.6 Å². The van der Waals surface area contributed by atoms with Gasteiger partial charge >= 0.3 is 0 Å². The Labute approximate surface area is 246 Å². The predicted octanol–water partition coefficient (Wildman–Crippen LogP) is 8.59. The minimum atomic E-state index is -0.0725. The molecule has 4 aromatic rings. The fraction of sp³-hybridized carbons (Fsp3) is 0.200. The number of amidine groups is 1. The second-order valence-electron chi connectivity index (χ2n) is 9.94. The Bertz CT molecular complexity index is 1610. The van der Waals surface area contributed by atoms with Crippen LogP contribution in [0.2, 0.25) is 0 Å². The highest BCUT2D eigenvalue weighted by Crippen LogP contribution is 2.38. The second kappa shape index (κ2) is 12.5. The van der Waals surface area contributed by atoms with E-state index in [0.29, 0.717) is 16.7 Å². The van der Waals surface area contributed by atoms with Crippen LogP contribution in [0.4, 0.5) is 11.4 Å². The van der Waals surface area contributed by atoms with Gasteiger partial charge in [-0.2, -0.15) is 0 Å². The first-order valence-corrected chi connectivity index (χ1v) is 14.8. The van der Waals surface area contributed by atoms with Crippen molar-refractivity contribution in [3.63, 3.8) is 0 Å². The zero-order valence-corrected chi connectivity index (χ0v) is 24.9. The number of ether oxygens (including phenoxy) is 1. The molecule has 208 valence electrons. The molecule has 0 bridgehead atoms. The summed E-state index contributed by atoms with van der Waals surface area (Å²) in [5, 5.41) is 0.652. The number of carbonyl (C=O) groups is 1. The molecule has 1 fully saturated rings. The smallest absolute Gasteiger partial charge is 0.271 e. The summed E-state index contributed by atoms with van der Waals surface area (Å²) in [6.07, 6.45) is 5.64. The number of rotatable bonds is 9. The maximum atomic E-state index is 13.9. The molecule has 0 radical (unpaired) electrons. The van der Waals surface area contributed by atoms with E-state index in [1.54, 1.807) is 11.0 Å². The van der Waals surface area contributed by atoms with Gasteiger partial charge in [0.15, 0.2) is 5.17 Å². The SMILES string of the molecule is C=CCOc1ccc(-n2c(C)cc(/C=C3\SC(=Nc4ccc(CC)cc4)N(c4ccc(CC)cc4)C3=O)c2C)cc1. The molecule has 0 aliphatic carbocycles. The average Bonchev–Trinajstić information content (AvgIpc) is 3.45. The molecular weight excluding hydrogens is 526 g/mol. The van der Waals surface area contributed by atoms with E-state index in [9.17, 15) is 4.79 Å². The summed E-state index contributed by atoms with van der Waals surface area (Å²) < 4.78 is 7.84. The minimum Gasteiger partial charge on any atom is -0.490 e. The van der Waals surface area contributed by atoms with Crippen molar-refractivity contribution in [3.05, 3.63) is 125 Å². The third kappa shape index (κ3) is 6.08. The molecule has 1 aromatic heterocycles. The number of nitrogens with zero attached hydrogens (tertiary/aromatic N) is 3. The van der Waals surface area contributed by atoms with Gasteiger partial charge in [-0.15, -0.1) is 0 Å². The van der Waals surface area contributed by atoms with Crippen LogP contribution < -0.4 is 9.64 Å². The summed E-state index contributed by atoms with van der Waals surface area (Å²) in [7, 11) is 0. The van der Waals surface area contributed by atoms with Gasteiger partial charge in [-0.1, -0.05) is 50.8 Å². The Balaban J connectivity index is 1.50. The first-order valence-electron chi connectivity index (χ1n) is 14.0. The molecule has 2 heterocycles. The lowest BCUT2D eigenvalue weighted by Crippen LogP contribution is -2.28. The maximum absolute atomic E-state index is 13.9. The van der Waals surface area contributed by atoms with Gasteiger partial charge in [0.05, 0.1) is 16.3 Å². The van der Waals surface area contributed by atoms with Crippen LogP contribution in [0, 0.1) is 13.8 Å². The van der Waals surface area contributed by atoms with Crippen molar-refractivity contribution in [2.24, 2.45) is 4.99 Å². The average molecular weight is 562 g/mol. The van der Waals surface area contributed by atoms with E-state index in [2.05, 4.69) is 69.2 Å². The number of hydrogen-bond acceptors (Lipinski definition) is 4. The van der Waals surface area contributed by atoms with Crippen molar-refractivity contribution in [3.8, 4) is 11.4 Å². The van der Waals surface area contributed by atoms with E-state index >= 15 is 0 Å². The molecule has 6 heteroatoms. The van der Waals surface area contributed by atoms with Crippen molar-refractivity contribution < 1.29 is 9.53 Å². The standard InChI is InChI=1S/C35H35N3O2S/c1-6-21-40-32-19-17-30(18-20-32)37-24(4)22-28(25(37)5)23-33-34(39)38(31-15-11-27(8-3)12-16-31)35(41-33)36-29-13-9-26(7-2)10-14-29/h6,9-20,22-23H,1,7-8,21H2,2-5H3/b33-23-,36-35?. The number of thioether (sulfide) groups is 1. The predicted molar refractivity (Wildman–Crippen MR) is 173 cm³/mol. The molecule has 5 nitrogen and oxygen atoms in total. The first-order chi connectivity index (χ1) is 19.9. The quantitative estimate of drug-likeness (QED) is 0.152. The molecule has 41 heavy (non-hydrogen) atoms. The van der Waals surface area contributed by atoms with Crippen LogP contribution in [0.1, 0.15) is 41.9 Å². The van der Waals surface area contributed by atoms with Gasteiger partial charge in [-0.25, -0.2) is 4.99 Å². The summed E-state index contributed by atoms with van der Waals surface area (Å²) in [5.74, 6) is 0.728. The van der Waals surface area contributed by atoms with Gasteiger partial charge in [-0.05, 0) is 116 Å². The van der Waals surface area contributed by atoms with Crippen molar-refractivity contribution in [2.75, 3.05) is 11.5 Å². The van der Waals surface area contributed by atoms with Gasteiger partial charge in [0.2, 0.25) is 0 Å². The summed E-state index contributed by atoms with van der Waals surface area (Å²) in [5.41, 5.74) is 8.31. The summed E-state index contributed by atoms with van der Waals surface area (Å²) in [6.45, 7) is 12.6. The lowest BCUT2D eigenvalue weighted by Gasteiger charge is -2.16. The van der Waals surface area contributed by atoms with Crippen LogP contribution in [0.5, 0.6) is 5.75 Å². The highest BCUT2D eigenvalue weighted by molar-refractivity contribution is 8.19. The number of carbonyl (C=O) groups excluding carboxylic acids is 1. The van der Waals surface area contributed by atoms with Crippen molar-refractivity contribution in [2.45, 2.75) is 40.5 Å². The molecule has 0 spiro atoms. The number of anilines is 1. The van der Waals surface area contributed by atoms with E-state index in [-0.39, 0.29) is 5.91 Å². The number of amides is 1. The summed E-state index contributed by atoms with van der Waals surface area (Å²) in [4.78, 5) is 21.2. The molecule has 0 N–H and O–H groups in total. The normalized spacial score (nSPS) is 15.2. The Morgan fingerprint density at radius 1 is 0.878 bits per heavy atom. The Morgan fingerprint density at radius 2 is 1.49 bits per heavy atom. The number of aliphatic imine (C=N–C) groups is 1. The van der Waals surface area contributed by atoms with Crippen LogP contribution in [0.15, 0.2) is 101 Å². The largest absolute Gasteiger partial charge is 0.490 e. The minimum absolute atomic E-state index is 0.0725. The highest BCUT2D eigenvalue weighted by atomic mass is 32.2. The zero-order valence-electron chi connectivity index (χ0n) is 24.1. The molecule has 5 rings (SSSR count). The fourth-order valence-electron chi connectivity index (χ4n) is 4.89. The van der Waals surface area contributed by atoms with Crippen molar-refractivity contribution in [1.82, 2.24) is 4.57 Å². The number of hydrogen-bond donors (Lipinski definition) is 0. The van der Waals surface area contributed by atoms with E-state index in [1.165, 1.54) is 22.9 Å². The summed E-state index contributed by atoms with van der Waals surface area (Å²) in [6, 6.07) is 26.5. The molecular formula is C35H35N3O2S. The number of benzene rings is 3. The Hall–Kier alpha value is -4.29. The number of aryl methyl sites for hydroxylation is 3. The summed E-state index contributed by atoms with van der Waals surface area (Å²) >= 11 is 1.41. The first kappa shape index (κ1) is 28.2. The van der Waals surface area contributed by atoms with Gasteiger partial charge in [0, 0.05) is 17.1 Å². The van der Waals surface area contributed by atoms with Gasteiger partial charge in [-0.3, -0.25) is 9.69 Å².